The Bertz CT molecular complexity index is 795. The SMILES string of the molecule is CC(NCC(=O)NCCc1c[nH]c2ccccc12)c1ccccc1. The van der Waals surface area contributed by atoms with Gasteiger partial charge in [-0.3, -0.25) is 4.79 Å². The van der Waals surface area contributed by atoms with Crippen molar-refractivity contribution in [1.29, 1.82) is 0 Å². The Morgan fingerprint density at radius 3 is 2.67 bits per heavy atom. The van der Waals surface area contributed by atoms with Crippen molar-refractivity contribution in [2.24, 2.45) is 0 Å². The van der Waals surface area contributed by atoms with Crippen molar-refractivity contribution in [3.63, 3.8) is 0 Å². The number of aromatic nitrogens is 1. The Hall–Kier alpha value is -2.59. The van der Waals surface area contributed by atoms with Crippen LogP contribution in [0.1, 0.15) is 24.1 Å². The number of hydrogen-bond acceptors (Lipinski definition) is 2. The highest BCUT2D eigenvalue weighted by Gasteiger charge is 2.08. The largest absolute Gasteiger partial charge is 0.361 e. The number of aromatic amines is 1. The molecule has 1 atom stereocenters. The third-order valence-electron chi connectivity index (χ3n) is 4.26. The summed E-state index contributed by atoms with van der Waals surface area (Å²) in [6.45, 7) is 3.03. The van der Waals surface area contributed by atoms with Crippen LogP contribution in [0.5, 0.6) is 0 Å². The van der Waals surface area contributed by atoms with Crippen LogP contribution in [0.2, 0.25) is 0 Å². The van der Waals surface area contributed by atoms with Crippen molar-refractivity contribution in [2.75, 3.05) is 13.1 Å². The number of H-pyrrole nitrogens is 1. The lowest BCUT2D eigenvalue weighted by molar-refractivity contribution is -0.120. The molecule has 2 aromatic carbocycles. The molecule has 0 aliphatic heterocycles. The summed E-state index contributed by atoms with van der Waals surface area (Å²) in [5, 5.41) is 7.46. The van der Waals surface area contributed by atoms with Crippen LogP contribution in [-0.4, -0.2) is 24.0 Å². The predicted molar refractivity (Wildman–Crippen MR) is 97.9 cm³/mol. The van der Waals surface area contributed by atoms with Crippen molar-refractivity contribution in [3.05, 3.63) is 71.9 Å². The van der Waals surface area contributed by atoms with E-state index in [1.807, 2.05) is 36.5 Å². The van der Waals surface area contributed by atoms with Crippen LogP contribution >= 0.6 is 0 Å². The second kappa shape index (κ2) is 7.79. The van der Waals surface area contributed by atoms with Gasteiger partial charge in [-0.15, -0.1) is 0 Å². The lowest BCUT2D eigenvalue weighted by Crippen LogP contribution is -2.36. The van der Waals surface area contributed by atoms with Gasteiger partial charge in [0.2, 0.25) is 5.91 Å². The number of para-hydroxylation sites is 1. The molecule has 0 spiro atoms. The minimum absolute atomic E-state index is 0.0256. The summed E-state index contributed by atoms with van der Waals surface area (Å²) >= 11 is 0. The molecule has 0 bridgehead atoms. The molecule has 4 heteroatoms. The Morgan fingerprint density at radius 2 is 1.83 bits per heavy atom. The number of fused-ring (bicyclic) bond motifs is 1. The van der Waals surface area contributed by atoms with Crippen LogP contribution in [0.25, 0.3) is 10.9 Å². The smallest absolute Gasteiger partial charge is 0.233 e. The van der Waals surface area contributed by atoms with Gasteiger partial charge in [0.1, 0.15) is 0 Å². The number of hydrogen-bond donors (Lipinski definition) is 3. The van der Waals surface area contributed by atoms with Crippen LogP contribution < -0.4 is 10.6 Å². The molecule has 0 fully saturated rings. The zero-order valence-corrected chi connectivity index (χ0v) is 13.9. The van der Waals surface area contributed by atoms with E-state index in [1.165, 1.54) is 16.5 Å². The van der Waals surface area contributed by atoms with Crippen LogP contribution in [0.3, 0.4) is 0 Å². The summed E-state index contributed by atoms with van der Waals surface area (Å²) in [6, 6.07) is 18.5. The Balaban J connectivity index is 1.43. The second-order valence-electron chi connectivity index (χ2n) is 5.97. The fourth-order valence-corrected chi connectivity index (χ4v) is 2.84. The van der Waals surface area contributed by atoms with Crippen molar-refractivity contribution in [2.45, 2.75) is 19.4 Å². The van der Waals surface area contributed by atoms with Gasteiger partial charge in [-0.1, -0.05) is 48.5 Å². The molecule has 0 aliphatic carbocycles. The Kier molecular flexibility index (Phi) is 5.29. The number of carbonyl (C=O) groups is 1. The molecule has 3 rings (SSSR count). The highest BCUT2D eigenvalue weighted by molar-refractivity contribution is 5.83. The zero-order chi connectivity index (χ0) is 16.8. The molecule has 1 aromatic heterocycles. The Labute approximate surface area is 142 Å². The fourth-order valence-electron chi connectivity index (χ4n) is 2.84. The molecule has 1 unspecified atom stereocenters. The van der Waals surface area contributed by atoms with Gasteiger partial charge in [-0.25, -0.2) is 0 Å². The van der Waals surface area contributed by atoms with E-state index in [0.717, 1.165) is 11.9 Å². The molecule has 24 heavy (non-hydrogen) atoms. The van der Waals surface area contributed by atoms with E-state index in [2.05, 4.69) is 46.8 Å². The topological polar surface area (TPSA) is 56.9 Å². The van der Waals surface area contributed by atoms with E-state index in [9.17, 15) is 4.79 Å². The minimum Gasteiger partial charge on any atom is -0.361 e. The van der Waals surface area contributed by atoms with Gasteiger partial charge in [0.05, 0.1) is 6.54 Å². The first-order chi connectivity index (χ1) is 11.7. The average Bonchev–Trinajstić information content (AvgIpc) is 3.04. The van der Waals surface area contributed by atoms with E-state index in [0.29, 0.717) is 13.1 Å². The lowest BCUT2D eigenvalue weighted by atomic mass is 10.1. The van der Waals surface area contributed by atoms with E-state index in [1.54, 1.807) is 0 Å². The number of nitrogens with one attached hydrogen (secondary N) is 3. The van der Waals surface area contributed by atoms with Crippen LogP contribution in [0.4, 0.5) is 0 Å². The van der Waals surface area contributed by atoms with Gasteiger partial charge in [0.15, 0.2) is 0 Å². The van der Waals surface area contributed by atoms with Crippen molar-refractivity contribution in [1.82, 2.24) is 15.6 Å². The first-order valence-corrected chi connectivity index (χ1v) is 8.34. The van der Waals surface area contributed by atoms with Gasteiger partial charge in [-0.05, 0) is 30.5 Å². The molecule has 3 aromatic rings. The zero-order valence-electron chi connectivity index (χ0n) is 13.9. The summed E-state index contributed by atoms with van der Waals surface area (Å²) in [5.41, 5.74) is 3.55. The van der Waals surface area contributed by atoms with Gasteiger partial charge < -0.3 is 15.6 Å². The first-order valence-electron chi connectivity index (χ1n) is 8.34. The summed E-state index contributed by atoms with van der Waals surface area (Å²) < 4.78 is 0. The normalized spacial score (nSPS) is 12.2. The molecule has 1 amide bonds. The quantitative estimate of drug-likeness (QED) is 0.626. The minimum atomic E-state index is 0.0256. The monoisotopic (exact) mass is 321 g/mol. The lowest BCUT2D eigenvalue weighted by Gasteiger charge is -2.14. The maximum atomic E-state index is 12.0. The first kappa shape index (κ1) is 16.3. The molecule has 124 valence electrons. The highest BCUT2D eigenvalue weighted by Crippen LogP contribution is 2.17. The fraction of sp³-hybridized carbons (Fsp3) is 0.250. The van der Waals surface area contributed by atoms with E-state index < -0.39 is 0 Å². The van der Waals surface area contributed by atoms with Gasteiger partial charge in [0, 0.05) is 29.7 Å². The maximum absolute atomic E-state index is 12.0. The van der Waals surface area contributed by atoms with Gasteiger partial charge >= 0.3 is 0 Å². The van der Waals surface area contributed by atoms with Crippen LogP contribution in [-0.2, 0) is 11.2 Å². The third-order valence-corrected chi connectivity index (χ3v) is 4.26. The molecular formula is C20H23N3O. The van der Waals surface area contributed by atoms with Crippen molar-refractivity contribution in [3.8, 4) is 0 Å². The molecule has 0 radical (unpaired) electrons. The third kappa shape index (κ3) is 4.03. The van der Waals surface area contributed by atoms with Crippen LogP contribution in [0.15, 0.2) is 60.8 Å². The molecular weight excluding hydrogens is 298 g/mol. The summed E-state index contributed by atoms with van der Waals surface area (Å²) in [7, 11) is 0. The Morgan fingerprint density at radius 1 is 1.08 bits per heavy atom. The number of carbonyl (C=O) groups excluding carboxylic acids is 1. The molecule has 0 aliphatic rings. The summed E-state index contributed by atoms with van der Waals surface area (Å²) in [4.78, 5) is 15.2. The standard InChI is InChI=1S/C20H23N3O/c1-15(16-7-3-2-4-8-16)22-14-20(24)21-12-11-17-13-23-19-10-6-5-9-18(17)19/h2-10,13,15,22-23H,11-12,14H2,1H3,(H,21,24). The molecule has 4 nitrogen and oxygen atoms in total. The van der Waals surface area contributed by atoms with Gasteiger partial charge in [0.25, 0.3) is 0 Å². The second-order valence-corrected chi connectivity index (χ2v) is 5.97. The number of benzene rings is 2. The van der Waals surface area contributed by atoms with E-state index in [4.69, 9.17) is 0 Å². The maximum Gasteiger partial charge on any atom is 0.233 e. The average molecular weight is 321 g/mol. The summed E-state index contributed by atoms with van der Waals surface area (Å²) in [6.07, 6.45) is 2.84. The number of rotatable bonds is 7. The molecule has 3 N–H and O–H groups in total. The molecule has 1 heterocycles. The molecule has 0 saturated heterocycles. The van der Waals surface area contributed by atoms with Crippen molar-refractivity contribution >= 4 is 16.8 Å². The highest BCUT2D eigenvalue weighted by atomic mass is 16.1. The predicted octanol–water partition coefficient (Wildman–Crippen LogP) is 3.18. The number of amides is 1. The van der Waals surface area contributed by atoms with Crippen LogP contribution in [0, 0.1) is 0 Å². The van der Waals surface area contributed by atoms with E-state index >= 15 is 0 Å². The molecule has 0 saturated carbocycles. The van der Waals surface area contributed by atoms with Crippen molar-refractivity contribution < 1.29 is 4.79 Å². The van der Waals surface area contributed by atoms with Gasteiger partial charge in [-0.2, -0.15) is 0 Å². The summed E-state index contributed by atoms with van der Waals surface area (Å²) in [5.74, 6) is 0.0256. The van der Waals surface area contributed by atoms with E-state index in [-0.39, 0.29) is 11.9 Å².